The number of ether oxygens (including phenoxy) is 1. The fourth-order valence-corrected chi connectivity index (χ4v) is 2.48. The number of amides is 1. The van der Waals surface area contributed by atoms with Crippen LogP contribution in [0.2, 0.25) is 5.02 Å². The number of halogens is 2. The van der Waals surface area contributed by atoms with Gasteiger partial charge in [0, 0.05) is 5.02 Å². The number of carbonyl (C=O) groups is 2. The number of hydrogen-bond acceptors (Lipinski definition) is 3. The molecule has 1 amide bonds. The van der Waals surface area contributed by atoms with E-state index >= 15 is 0 Å². The van der Waals surface area contributed by atoms with E-state index in [-0.39, 0.29) is 16.6 Å². The first-order chi connectivity index (χ1) is 11.9. The largest absolute Gasteiger partial charge is 0.452 e. The van der Waals surface area contributed by atoms with Gasteiger partial charge in [0.2, 0.25) is 0 Å². The summed E-state index contributed by atoms with van der Waals surface area (Å²) >= 11 is 5.63. The molecule has 132 valence electrons. The molecule has 0 aliphatic heterocycles. The molecule has 1 N–H and O–H groups in total. The van der Waals surface area contributed by atoms with Gasteiger partial charge < -0.3 is 10.1 Å². The van der Waals surface area contributed by atoms with Gasteiger partial charge in [-0.1, -0.05) is 48.4 Å². The second-order valence-corrected chi connectivity index (χ2v) is 6.08. The van der Waals surface area contributed by atoms with Gasteiger partial charge in [0.25, 0.3) is 5.91 Å². The highest BCUT2D eigenvalue weighted by Gasteiger charge is 2.17. The van der Waals surface area contributed by atoms with E-state index in [9.17, 15) is 14.0 Å². The van der Waals surface area contributed by atoms with E-state index in [1.807, 2.05) is 38.1 Å². The molecular weight excluding hydrogens is 345 g/mol. The highest BCUT2D eigenvalue weighted by Crippen LogP contribution is 2.18. The zero-order valence-corrected chi connectivity index (χ0v) is 14.8. The molecule has 0 heterocycles. The van der Waals surface area contributed by atoms with Crippen LogP contribution in [0.5, 0.6) is 0 Å². The minimum atomic E-state index is -0.910. The van der Waals surface area contributed by atoms with Crippen LogP contribution in [-0.4, -0.2) is 18.5 Å². The molecule has 0 unspecified atom stereocenters. The van der Waals surface area contributed by atoms with Crippen molar-refractivity contribution in [2.75, 3.05) is 6.61 Å². The first-order valence-corrected chi connectivity index (χ1v) is 8.26. The molecule has 25 heavy (non-hydrogen) atoms. The summed E-state index contributed by atoms with van der Waals surface area (Å²) in [6, 6.07) is 11.3. The number of nitrogens with one attached hydrogen (secondary N) is 1. The van der Waals surface area contributed by atoms with Crippen molar-refractivity contribution in [3.05, 3.63) is 70.0 Å². The Morgan fingerprint density at radius 3 is 2.48 bits per heavy atom. The third-order valence-electron chi connectivity index (χ3n) is 3.71. The van der Waals surface area contributed by atoms with E-state index in [2.05, 4.69) is 5.32 Å². The van der Waals surface area contributed by atoms with E-state index in [0.29, 0.717) is 6.42 Å². The van der Waals surface area contributed by atoms with E-state index in [0.717, 1.165) is 17.2 Å². The number of esters is 1. The van der Waals surface area contributed by atoms with Crippen molar-refractivity contribution in [3.8, 4) is 0 Å². The molecule has 2 rings (SSSR count). The van der Waals surface area contributed by atoms with E-state index in [1.54, 1.807) is 0 Å². The van der Waals surface area contributed by atoms with Crippen LogP contribution in [0.25, 0.3) is 0 Å². The van der Waals surface area contributed by atoms with Gasteiger partial charge >= 0.3 is 5.97 Å². The third kappa shape index (κ3) is 5.29. The Balaban J connectivity index is 1.92. The maximum atomic E-state index is 13.7. The fraction of sp³-hybridized carbons (Fsp3) is 0.263. The topological polar surface area (TPSA) is 55.4 Å². The molecular formula is C19H19ClFNO3. The van der Waals surface area contributed by atoms with Crippen molar-refractivity contribution in [2.45, 2.75) is 26.3 Å². The Labute approximate surface area is 150 Å². The molecule has 0 radical (unpaired) electrons. The van der Waals surface area contributed by atoms with Gasteiger partial charge in [0.1, 0.15) is 5.82 Å². The van der Waals surface area contributed by atoms with Gasteiger partial charge in [-0.25, -0.2) is 9.18 Å². The average molecular weight is 364 g/mol. The summed E-state index contributed by atoms with van der Waals surface area (Å²) in [5.74, 6) is -2.15. The van der Waals surface area contributed by atoms with E-state index < -0.39 is 24.3 Å². The second kappa shape index (κ2) is 8.62. The smallest absolute Gasteiger partial charge is 0.341 e. The molecule has 0 saturated heterocycles. The summed E-state index contributed by atoms with van der Waals surface area (Å²) in [7, 11) is 0. The van der Waals surface area contributed by atoms with Crippen LogP contribution >= 0.6 is 11.6 Å². The van der Waals surface area contributed by atoms with E-state index in [1.165, 1.54) is 12.1 Å². The van der Waals surface area contributed by atoms with Crippen LogP contribution < -0.4 is 5.32 Å². The molecule has 0 aromatic heterocycles. The monoisotopic (exact) mass is 363 g/mol. The van der Waals surface area contributed by atoms with Gasteiger partial charge in [0.05, 0.1) is 11.6 Å². The Kier molecular flexibility index (Phi) is 6.53. The molecule has 2 aromatic rings. The normalized spacial score (nSPS) is 11.7. The quantitative estimate of drug-likeness (QED) is 0.782. The van der Waals surface area contributed by atoms with E-state index in [4.69, 9.17) is 16.3 Å². The highest BCUT2D eigenvalue weighted by molar-refractivity contribution is 6.30. The Bertz CT molecular complexity index is 762. The molecule has 0 spiro atoms. The van der Waals surface area contributed by atoms with Crippen LogP contribution in [0.4, 0.5) is 4.39 Å². The van der Waals surface area contributed by atoms with Crippen molar-refractivity contribution in [2.24, 2.45) is 0 Å². The Morgan fingerprint density at radius 2 is 1.88 bits per heavy atom. The minimum Gasteiger partial charge on any atom is -0.452 e. The highest BCUT2D eigenvalue weighted by atomic mass is 35.5. The van der Waals surface area contributed by atoms with Crippen LogP contribution in [-0.2, 0) is 9.53 Å². The molecule has 6 heteroatoms. The Morgan fingerprint density at radius 1 is 1.20 bits per heavy atom. The lowest BCUT2D eigenvalue weighted by molar-refractivity contribution is -0.125. The van der Waals surface area contributed by atoms with Crippen molar-refractivity contribution < 1.29 is 18.7 Å². The van der Waals surface area contributed by atoms with Crippen LogP contribution in [0.15, 0.2) is 42.5 Å². The lowest BCUT2D eigenvalue weighted by Crippen LogP contribution is -2.32. The molecule has 2 aromatic carbocycles. The van der Waals surface area contributed by atoms with Gasteiger partial charge in [0.15, 0.2) is 6.61 Å². The summed E-state index contributed by atoms with van der Waals surface area (Å²) in [5.41, 5.74) is 1.84. The summed E-state index contributed by atoms with van der Waals surface area (Å²) in [5, 5.41) is 2.98. The molecule has 1 atom stereocenters. The standard InChI is InChI=1S/C19H19ClFNO3/c1-3-17(13-6-4-12(2)5-7-13)22-18(23)11-25-19(24)15-9-8-14(20)10-16(15)21/h4-10,17H,3,11H2,1-2H3,(H,22,23)/t17-/m0/s1. The molecule has 0 bridgehead atoms. The number of carbonyl (C=O) groups excluding carboxylic acids is 2. The molecule has 0 saturated carbocycles. The third-order valence-corrected chi connectivity index (χ3v) is 3.94. The first kappa shape index (κ1) is 18.9. The second-order valence-electron chi connectivity index (χ2n) is 5.64. The number of aryl methyl sites for hydroxylation is 1. The van der Waals surface area contributed by atoms with Crippen LogP contribution in [0.1, 0.15) is 40.9 Å². The SMILES string of the molecule is CC[C@H](NC(=O)COC(=O)c1ccc(Cl)cc1F)c1ccc(C)cc1. The maximum absolute atomic E-state index is 13.7. The van der Waals surface area contributed by atoms with Gasteiger partial charge in [-0.3, -0.25) is 4.79 Å². The lowest BCUT2D eigenvalue weighted by atomic mass is 10.0. The fourth-order valence-electron chi connectivity index (χ4n) is 2.32. The average Bonchev–Trinajstić information content (AvgIpc) is 2.58. The summed E-state index contributed by atoms with van der Waals surface area (Å²) < 4.78 is 18.5. The predicted octanol–water partition coefficient (Wildman–Crippen LogP) is 4.21. The number of rotatable bonds is 6. The van der Waals surface area contributed by atoms with Gasteiger partial charge in [-0.05, 0) is 37.1 Å². The molecule has 0 fully saturated rings. The predicted molar refractivity (Wildman–Crippen MR) is 94.0 cm³/mol. The zero-order chi connectivity index (χ0) is 18.4. The maximum Gasteiger partial charge on any atom is 0.341 e. The van der Waals surface area contributed by atoms with Crippen molar-refractivity contribution >= 4 is 23.5 Å². The van der Waals surface area contributed by atoms with Crippen LogP contribution in [0.3, 0.4) is 0 Å². The summed E-state index contributed by atoms with van der Waals surface area (Å²) in [6.07, 6.45) is 0.689. The first-order valence-electron chi connectivity index (χ1n) is 7.88. The Hall–Kier alpha value is -2.40. The van der Waals surface area contributed by atoms with Crippen molar-refractivity contribution in [1.29, 1.82) is 0 Å². The summed E-state index contributed by atoms with van der Waals surface area (Å²) in [6.45, 7) is 3.45. The summed E-state index contributed by atoms with van der Waals surface area (Å²) in [4.78, 5) is 23.9. The minimum absolute atomic E-state index is 0.177. The van der Waals surface area contributed by atoms with Crippen molar-refractivity contribution in [1.82, 2.24) is 5.32 Å². The van der Waals surface area contributed by atoms with Gasteiger partial charge in [-0.15, -0.1) is 0 Å². The molecule has 0 aliphatic carbocycles. The van der Waals surface area contributed by atoms with Crippen LogP contribution in [0, 0.1) is 12.7 Å². The number of benzene rings is 2. The van der Waals surface area contributed by atoms with Gasteiger partial charge in [-0.2, -0.15) is 0 Å². The zero-order valence-electron chi connectivity index (χ0n) is 14.0. The van der Waals surface area contributed by atoms with Crippen molar-refractivity contribution in [3.63, 3.8) is 0 Å². The number of hydrogen-bond donors (Lipinski definition) is 1. The molecule has 4 nitrogen and oxygen atoms in total. The molecule has 0 aliphatic rings. The lowest BCUT2D eigenvalue weighted by Gasteiger charge is -2.17.